The number of aryl methyl sites for hydroxylation is 1. The zero-order chi connectivity index (χ0) is 14.9. The third-order valence-electron chi connectivity index (χ3n) is 1.85. The van der Waals surface area contributed by atoms with Gasteiger partial charge in [0, 0.05) is 18.6 Å². The van der Waals surface area contributed by atoms with Gasteiger partial charge >= 0.3 is 9.39 Å². The minimum absolute atomic E-state index is 0.152. The fraction of sp³-hybridized carbons (Fsp3) is 0.444. The van der Waals surface area contributed by atoms with Crippen LogP contribution in [0.3, 0.4) is 0 Å². The Labute approximate surface area is 132 Å². The fourth-order valence-electron chi connectivity index (χ4n) is 1.16. The molecule has 0 saturated heterocycles. The molecule has 1 rings (SSSR count). The summed E-state index contributed by atoms with van der Waals surface area (Å²) < 4.78 is 31.2. The molecule has 19 heavy (non-hydrogen) atoms. The lowest BCUT2D eigenvalue weighted by molar-refractivity contribution is -0.697. The summed E-state index contributed by atoms with van der Waals surface area (Å²) in [5.41, 5.74) is 0. The third kappa shape index (κ3) is 18.8. The number of hydrogen-bond donors (Lipinski definition) is 1. The standard InChI is InChI=1S/C9H13NO3S.Al.4ClH/c11-14(12,13)9-5-4-8-10-6-2-1-3-7-10;;;;;/h1-3,6-7H,4-5,8-9H2;;4*1H/q;+3;;;;/p-3. The molecule has 4 nitrogen and oxygen atoms in total. The summed E-state index contributed by atoms with van der Waals surface area (Å²) in [5.74, 6) is -0.152. The van der Waals surface area contributed by atoms with Crippen molar-refractivity contribution in [1.29, 1.82) is 0 Å². The molecule has 0 aromatic carbocycles. The Morgan fingerprint density at radius 3 is 1.89 bits per heavy atom. The molecule has 0 unspecified atom stereocenters. The van der Waals surface area contributed by atoms with Crippen LogP contribution in [0.1, 0.15) is 12.8 Å². The van der Waals surface area contributed by atoms with E-state index in [-0.39, 0.29) is 5.75 Å². The fourth-order valence-corrected chi connectivity index (χ4v) is 1.73. The van der Waals surface area contributed by atoms with Gasteiger partial charge in [-0.1, -0.05) is 6.07 Å². The molecule has 0 aliphatic rings. The number of rotatable bonds is 5. The molecule has 0 spiro atoms. The zero-order valence-corrected chi connectivity index (χ0v) is 14.9. The van der Waals surface area contributed by atoms with Gasteiger partial charge in [-0.25, -0.2) is 4.57 Å². The molecule has 1 aromatic rings. The smallest absolute Gasteiger partial charge is 0.391 e. The lowest BCUT2D eigenvalue weighted by atomic mass is 10.3. The van der Waals surface area contributed by atoms with Gasteiger partial charge in [-0.05, 0) is 6.42 Å². The van der Waals surface area contributed by atoms with E-state index in [1.807, 2.05) is 35.2 Å². The lowest BCUT2D eigenvalue weighted by Gasteiger charge is -1.97. The van der Waals surface area contributed by atoms with E-state index >= 15 is 0 Å². The largest absolute Gasteiger partial charge is 0.564 e. The van der Waals surface area contributed by atoms with Crippen molar-refractivity contribution < 1.29 is 17.5 Å². The molecular formula is C9H14AlCl4NO3S. The first kappa shape index (κ1) is 19.8. The quantitative estimate of drug-likeness (QED) is 0.367. The molecule has 1 N–H and O–H groups in total. The van der Waals surface area contributed by atoms with Crippen molar-refractivity contribution >= 4 is 59.7 Å². The van der Waals surface area contributed by atoms with Crippen LogP contribution in [0.15, 0.2) is 30.6 Å². The second-order valence-corrected chi connectivity index (χ2v) is 18.0. The normalized spacial score (nSPS) is 11.6. The van der Waals surface area contributed by atoms with Crippen LogP contribution in [-0.4, -0.2) is 28.1 Å². The first-order chi connectivity index (χ1) is 8.58. The summed E-state index contributed by atoms with van der Waals surface area (Å²) in [6.07, 6.45) is 5.08. The summed E-state index contributed by atoms with van der Waals surface area (Å²) in [6, 6.07) is 5.76. The number of unbranched alkanes of at least 4 members (excludes halogenated alkanes) is 1. The number of hydrogen-bond acceptors (Lipinski definition) is 2. The van der Waals surface area contributed by atoms with Gasteiger partial charge in [0.1, 0.15) is 6.54 Å². The zero-order valence-electron chi connectivity index (χ0n) is 9.92. The number of aromatic nitrogens is 1. The Bertz CT molecular complexity index is 446. The molecule has 0 aliphatic heterocycles. The Kier molecular flexibility index (Phi) is 10.0. The van der Waals surface area contributed by atoms with Crippen LogP contribution in [-0.2, 0) is 16.7 Å². The van der Waals surface area contributed by atoms with E-state index < -0.39 is 19.5 Å². The van der Waals surface area contributed by atoms with Gasteiger partial charge in [0.25, 0.3) is 10.1 Å². The van der Waals surface area contributed by atoms with Crippen molar-refractivity contribution in [3.63, 3.8) is 0 Å². The van der Waals surface area contributed by atoms with Gasteiger partial charge in [-0.2, -0.15) is 8.42 Å². The Hall–Kier alpha value is 0.752. The third-order valence-corrected chi connectivity index (χ3v) is 2.65. The van der Waals surface area contributed by atoms with Crippen LogP contribution in [0.5, 0.6) is 0 Å². The SMILES string of the molecule is O=S(=O)(O)CCCC[n+]1ccccc1.[Cl][Al-]([Cl])([Cl])[Cl]. The minimum atomic E-state index is -3.79. The van der Waals surface area contributed by atoms with Gasteiger partial charge in [0.15, 0.2) is 12.4 Å². The molecule has 0 aliphatic carbocycles. The van der Waals surface area contributed by atoms with Crippen LogP contribution >= 0.6 is 40.2 Å². The molecule has 0 fully saturated rings. The van der Waals surface area contributed by atoms with E-state index in [1.54, 1.807) is 0 Å². The summed E-state index contributed by atoms with van der Waals surface area (Å²) in [7, 11) is 13.2. The van der Waals surface area contributed by atoms with Crippen LogP contribution in [0, 0.1) is 0 Å². The van der Waals surface area contributed by atoms with Crippen molar-refractivity contribution in [2.75, 3.05) is 5.75 Å². The maximum Gasteiger partial charge on any atom is 0.564 e. The van der Waals surface area contributed by atoms with Gasteiger partial charge in [-0.3, -0.25) is 4.55 Å². The molecular weight excluding hydrogens is 371 g/mol. The van der Waals surface area contributed by atoms with Crippen molar-refractivity contribution in [3.8, 4) is 0 Å². The molecule has 0 amide bonds. The van der Waals surface area contributed by atoms with Crippen molar-refractivity contribution in [1.82, 2.24) is 0 Å². The Morgan fingerprint density at radius 1 is 1.00 bits per heavy atom. The average molecular weight is 385 g/mol. The molecule has 1 aromatic heterocycles. The second-order valence-electron chi connectivity index (χ2n) is 3.60. The maximum absolute atomic E-state index is 10.4. The van der Waals surface area contributed by atoms with Crippen LogP contribution in [0.2, 0.25) is 0 Å². The summed E-state index contributed by atoms with van der Waals surface area (Å²) in [4.78, 5) is 0. The van der Waals surface area contributed by atoms with E-state index in [0.717, 1.165) is 13.0 Å². The van der Waals surface area contributed by atoms with E-state index in [1.165, 1.54) is 0 Å². The van der Waals surface area contributed by atoms with E-state index in [9.17, 15) is 8.42 Å². The average Bonchev–Trinajstić information content (AvgIpc) is 2.22. The summed E-state index contributed by atoms with van der Waals surface area (Å²) >= 11 is 0. The molecule has 1 heterocycles. The molecule has 0 radical (unpaired) electrons. The highest BCUT2D eigenvalue weighted by atomic mass is 35.9. The van der Waals surface area contributed by atoms with Gasteiger partial charge in [-0.15, -0.1) is 0 Å². The predicted octanol–water partition coefficient (Wildman–Crippen LogP) is 3.02. The van der Waals surface area contributed by atoms with Crippen molar-refractivity contribution in [2.45, 2.75) is 19.4 Å². The first-order valence-electron chi connectivity index (χ1n) is 5.34. The van der Waals surface area contributed by atoms with E-state index in [2.05, 4.69) is 0 Å². The van der Waals surface area contributed by atoms with E-state index in [0.29, 0.717) is 6.42 Å². The monoisotopic (exact) mass is 383 g/mol. The molecule has 0 saturated carbocycles. The Morgan fingerprint density at radius 2 is 1.47 bits per heavy atom. The molecule has 0 bridgehead atoms. The summed E-state index contributed by atoms with van der Waals surface area (Å²) in [6.45, 7) is 0.774. The number of nitrogens with zero attached hydrogens (tertiary/aromatic N) is 1. The topological polar surface area (TPSA) is 58.3 Å². The van der Waals surface area contributed by atoms with E-state index in [4.69, 9.17) is 44.7 Å². The number of halogens is 4. The molecule has 0 atom stereocenters. The summed E-state index contributed by atoms with van der Waals surface area (Å²) in [5, 5.41) is 0. The van der Waals surface area contributed by atoms with Crippen LogP contribution in [0.4, 0.5) is 0 Å². The first-order valence-corrected chi connectivity index (χ1v) is 13.9. The van der Waals surface area contributed by atoms with Gasteiger partial charge in [0.2, 0.25) is 0 Å². The molecule has 110 valence electrons. The Balaban J connectivity index is 0.000000555. The van der Waals surface area contributed by atoms with Crippen LogP contribution in [0.25, 0.3) is 0 Å². The lowest BCUT2D eigenvalue weighted by Crippen LogP contribution is -2.32. The minimum Gasteiger partial charge on any atom is -0.391 e. The van der Waals surface area contributed by atoms with Crippen molar-refractivity contribution in [3.05, 3.63) is 30.6 Å². The highest BCUT2D eigenvalue weighted by Gasteiger charge is 2.14. The highest BCUT2D eigenvalue weighted by Crippen LogP contribution is 2.23. The van der Waals surface area contributed by atoms with Gasteiger partial charge in [0.05, 0.1) is 5.75 Å². The van der Waals surface area contributed by atoms with Gasteiger partial charge < -0.3 is 40.2 Å². The molecule has 10 heteroatoms. The number of pyridine rings is 1. The highest BCUT2D eigenvalue weighted by molar-refractivity contribution is 7.85. The maximum atomic E-state index is 10.4. The van der Waals surface area contributed by atoms with Crippen molar-refractivity contribution in [2.24, 2.45) is 0 Å². The second kappa shape index (κ2) is 9.65. The van der Waals surface area contributed by atoms with Crippen LogP contribution < -0.4 is 4.57 Å². The predicted molar refractivity (Wildman–Crippen MR) is 81.5 cm³/mol.